The van der Waals surface area contributed by atoms with Crippen molar-refractivity contribution in [3.05, 3.63) is 48.4 Å². The molecule has 5 rings (SSSR count). The smallest absolute Gasteiger partial charge is 0.231 e. The minimum Gasteiger partial charge on any atom is -0.460 e. The first kappa shape index (κ1) is 18.4. The Labute approximate surface area is 169 Å². The van der Waals surface area contributed by atoms with Crippen LogP contribution in [-0.4, -0.2) is 46.9 Å². The highest BCUT2D eigenvalue weighted by Crippen LogP contribution is 2.28. The van der Waals surface area contributed by atoms with Gasteiger partial charge in [0.2, 0.25) is 5.91 Å². The normalized spacial score (nSPS) is 21.0. The number of hydrogen-bond donors (Lipinski definition) is 1. The summed E-state index contributed by atoms with van der Waals surface area (Å²) in [6.07, 6.45) is 4.55. The number of fused-ring (bicyclic) bond motifs is 1. The third-order valence-electron chi connectivity index (χ3n) is 5.98. The Morgan fingerprint density at radius 3 is 2.83 bits per heavy atom. The van der Waals surface area contributed by atoms with E-state index >= 15 is 0 Å². The fourth-order valence-electron chi connectivity index (χ4n) is 4.33. The highest BCUT2D eigenvalue weighted by molar-refractivity contribution is 5.92. The van der Waals surface area contributed by atoms with Crippen molar-refractivity contribution in [1.82, 2.24) is 14.7 Å². The Balaban J connectivity index is 1.19. The molecule has 0 spiro atoms. The van der Waals surface area contributed by atoms with Crippen LogP contribution in [0.2, 0.25) is 0 Å². The fraction of sp³-hybridized carbons (Fsp3) is 0.455. The number of piperidine rings is 1. The van der Waals surface area contributed by atoms with E-state index in [1.807, 2.05) is 28.9 Å². The summed E-state index contributed by atoms with van der Waals surface area (Å²) in [7, 11) is 0. The van der Waals surface area contributed by atoms with Crippen LogP contribution in [0.1, 0.15) is 31.1 Å². The standard InChI is InChI=1S/C22H26N4O3/c27-22(17-8-12-28-15-17)24-21-5-9-23-26(21)18-6-10-25(11-7-18)14-19-13-16-3-1-2-4-20(16)29-19/h1-5,9,13,17-18H,6-8,10-12,14-15H2,(H,24,27)/t17-/m0/s1. The molecule has 1 N–H and O–H groups in total. The number of benzene rings is 1. The number of nitrogens with one attached hydrogen (secondary N) is 1. The van der Waals surface area contributed by atoms with Crippen molar-refractivity contribution in [3.8, 4) is 0 Å². The largest absolute Gasteiger partial charge is 0.460 e. The van der Waals surface area contributed by atoms with E-state index in [0.29, 0.717) is 19.3 Å². The molecule has 0 unspecified atom stereocenters. The zero-order valence-electron chi connectivity index (χ0n) is 16.4. The van der Waals surface area contributed by atoms with E-state index in [2.05, 4.69) is 27.4 Å². The lowest BCUT2D eigenvalue weighted by Crippen LogP contribution is -2.35. The number of carbonyl (C=O) groups is 1. The van der Waals surface area contributed by atoms with E-state index in [-0.39, 0.29) is 11.8 Å². The second-order valence-corrected chi connectivity index (χ2v) is 7.97. The molecule has 2 saturated heterocycles. The van der Waals surface area contributed by atoms with Crippen LogP contribution in [0.25, 0.3) is 11.0 Å². The average Bonchev–Trinajstić information content (AvgIpc) is 3.49. The van der Waals surface area contributed by atoms with Crippen LogP contribution in [0.15, 0.2) is 47.0 Å². The topological polar surface area (TPSA) is 72.5 Å². The van der Waals surface area contributed by atoms with Crippen LogP contribution < -0.4 is 5.32 Å². The summed E-state index contributed by atoms with van der Waals surface area (Å²) in [5, 5.41) is 8.69. The van der Waals surface area contributed by atoms with E-state index in [1.165, 1.54) is 0 Å². The lowest BCUT2D eigenvalue weighted by atomic mass is 10.0. The lowest BCUT2D eigenvalue weighted by molar-refractivity contribution is -0.119. The van der Waals surface area contributed by atoms with Gasteiger partial charge >= 0.3 is 0 Å². The Hall–Kier alpha value is -2.64. The molecule has 2 aromatic heterocycles. The van der Waals surface area contributed by atoms with Crippen molar-refractivity contribution in [2.45, 2.75) is 31.8 Å². The van der Waals surface area contributed by atoms with Gasteiger partial charge < -0.3 is 14.5 Å². The lowest BCUT2D eigenvalue weighted by Gasteiger charge is -2.32. The summed E-state index contributed by atoms with van der Waals surface area (Å²) in [6, 6.07) is 12.4. The van der Waals surface area contributed by atoms with E-state index < -0.39 is 0 Å². The zero-order chi connectivity index (χ0) is 19.6. The van der Waals surface area contributed by atoms with Crippen molar-refractivity contribution < 1.29 is 13.9 Å². The minimum absolute atomic E-state index is 0.0339. The summed E-state index contributed by atoms with van der Waals surface area (Å²) in [4.78, 5) is 14.8. The van der Waals surface area contributed by atoms with Gasteiger partial charge in [0, 0.05) is 31.1 Å². The predicted molar refractivity (Wildman–Crippen MR) is 110 cm³/mol. The van der Waals surface area contributed by atoms with E-state index in [0.717, 1.165) is 61.4 Å². The maximum atomic E-state index is 12.4. The Morgan fingerprint density at radius 1 is 1.17 bits per heavy atom. The molecule has 1 amide bonds. The summed E-state index contributed by atoms with van der Waals surface area (Å²) >= 11 is 0. The number of furan rings is 1. The van der Waals surface area contributed by atoms with Gasteiger partial charge in [-0.3, -0.25) is 9.69 Å². The third kappa shape index (κ3) is 3.93. The average molecular weight is 394 g/mol. The minimum atomic E-state index is -0.0518. The van der Waals surface area contributed by atoms with E-state index in [4.69, 9.17) is 9.15 Å². The molecule has 3 aromatic rings. The van der Waals surface area contributed by atoms with Gasteiger partial charge in [-0.2, -0.15) is 5.10 Å². The van der Waals surface area contributed by atoms with E-state index in [9.17, 15) is 4.79 Å². The highest BCUT2D eigenvalue weighted by Gasteiger charge is 2.27. The molecule has 0 radical (unpaired) electrons. The van der Waals surface area contributed by atoms with Crippen molar-refractivity contribution in [3.63, 3.8) is 0 Å². The van der Waals surface area contributed by atoms with Crippen molar-refractivity contribution in [2.75, 3.05) is 31.6 Å². The van der Waals surface area contributed by atoms with E-state index in [1.54, 1.807) is 6.20 Å². The van der Waals surface area contributed by atoms with Crippen LogP contribution in [0.4, 0.5) is 5.82 Å². The number of para-hydroxylation sites is 1. The van der Waals surface area contributed by atoms with Crippen molar-refractivity contribution in [2.24, 2.45) is 5.92 Å². The summed E-state index contributed by atoms with van der Waals surface area (Å²) in [6.45, 7) is 3.96. The molecule has 152 valence electrons. The fourth-order valence-corrected chi connectivity index (χ4v) is 4.33. The van der Waals surface area contributed by atoms with Gasteiger partial charge in [0.1, 0.15) is 17.2 Å². The van der Waals surface area contributed by atoms with Gasteiger partial charge in [-0.15, -0.1) is 0 Å². The number of amides is 1. The zero-order valence-corrected chi connectivity index (χ0v) is 16.4. The van der Waals surface area contributed by atoms with Gasteiger partial charge in [-0.1, -0.05) is 18.2 Å². The van der Waals surface area contributed by atoms with Crippen molar-refractivity contribution >= 4 is 22.7 Å². The Kier molecular flexibility index (Phi) is 5.08. The number of aromatic nitrogens is 2. The van der Waals surface area contributed by atoms with Gasteiger partial charge in [-0.25, -0.2) is 4.68 Å². The maximum absolute atomic E-state index is 12.4. The second kappa shape index (κ2) is 8.00. The van der Waals surface area contributed by atoms with Gasteiger partial charge in [0.05, 0.1) is 31.3 Å². The first-order valence-corrected chi connectivity index (χ1v) is 10.4. The number of likely N-dealkylation sites (tertiary alicyclic amines) is 1. The molecule has 2 aliphatic heterocycles. The van der Waals surface area contributed by atoms with Crippen LogP contribution in [-0.2, 0) is 16.1 Å². The Morgan fingerprint density at radius 2 is 2.03 bits per heavy atom. The molecule has 1 atom stereocenters. The molecule has 29 heavy (non-hydrogen) atoms. The van der Waals surface area contributed by atoms with Crippen LogP contribution >= 0.6 is 0 Å². The SMILES string of the molecule is O=C(Nc1ccnn1C1CCN(Cc2cc3ccccc3o2)CC1)[C@H]1CCOC1. The first-order chi connectivity index (χ1) is 14.3. The maximum Gasteiger partial charge on any atom is 0.231 e. The third-order valence-corrected chi connectivity index (χ3v) is 5.98. The van der Waals surface area contributed by atoms with Crippen LogP contribution in [0.3, 0.4) is 0 Å². The first-order valence-electron chi connectivity index (χ1n) is 10.4. The number of ether oxygens (including phenoxy) is 1. The van der Waals surface area contributed by atoms with Gasteiger partial charge in [0.25, 0.3) is 0 Å². The molecule has 7 heteroatoms. The quantitative estimate of drug-likeness (QED) is 0.718. The molecule has 4 heterocycles. The molecule has 1 aromatic carbocycles. The number of rotatable bonds is 5. The molecular formula is C22H26N4O3. The van der Waals surface area contributed by atoms with Crippen molar-refractivity contribution in [1.29, 1.82) is 0 Å². The molecule has 2 aliphatic rings. The van der Waals surface area contributed by atoms with Gasteiger partial charge in [0.15, 0.2) is 0 Å². The molecule has 0 bridgehead atoms. The molecule has 0 saturated carbocycles. The summed E-state index contributed by atoms with van der Waals surface area (Å²) in [5.41, 5.74) is 0.946. The molecular weight excluding hydrogens is 368 g/mol. The second-order valence-electron chi connectivity index (χ2n) is 7.97. The molecule has 0 aliphatic carbocycles. The number of nitrogens with zero attached hydrogens (tertiary/aromatic N) is 3. The van der Waals surface area contributed by atoms with Gasteiger partial charge in [-0.05, 0) is 31.4 Å². The number of hydrogen-bond acceptors (Lipinski definition) is 5. The highest BCUT2D eigenvalue weighted by atomic mass is 16.5. The molecule has 7 nitrogen and oxygen atoms in total. The Bertz CT molecular complexity index is 948. The number of carbonyl (C=O) groups excluding carboxylic acids is 1. The van der Waals surface area contributed by atoms with Crippen LogP contribution in [0, 0.1) is 5.92 Å². The predicted octanol–water partition coefficient (Wildman–Crippen LogP) is 3.44. The number of anilines is 1. The molecule has 2 fully saturated rings. The summed E-state index contributed by atoms with van der Waals surface area (Å²) in [5.74, 6) is 1.78. The monoisotopic (exact) mass is 394 g/mol. The summed E-state index contributed by atoms with van der Waals surface area (Å²) < 4.78 is 13.3. The van der Waals surface area contributed by atoms with Crippen LogP contribution in [0.5, 0.6) is 0 Å².